The normalized spacial score (nSPS) is 20.4. The Bertz CT molecular complexity index is 877. The Balaban J connectivity index is 1.72. The minimum Gasteiger partial charge on any atom is -0.508 e. The number of phenolic OH excluding ortho intramolecular Hbond substituents is 1. The molecule has 2 aromatic rings. The van der Waals surface area contributed by atoms with Crippen LogP contribution in [0.5, 0.6) is 17.2 Å². The fourth-order valence-electron chi connectivity index (χ4n) is 2.75. The Morgan fingerprint density at radius 1 is 1.13 bits per heavy atom. The summed E-state index contributed by atoms with van der Waals surface area (Å²) in [5, 5.41) is 9.50. The quantitative estimate of drug-likeness (QED) is 0.816. The van der Waals surface area contributed by atoms with Crippen LogP contribution in [-0.4, -0.2) is 17.0 Å². The van der Waals surface area contributed by atoms with Crippen molar-refractivity contribution in [1.29, 1.82) is 0 Å². The number of Topliss-reactive ketones (excluding diaryl/α,β-unsaturated/α-hetero) is 1. The number of ether oxygens (including phenoxy) is 2. The number of fused-ring (bicyclic) bond motifs is 2. The fourth-order valence-corrected chi connectivity index (χ4v) is 2.75. The Hall–Kier alpha value is -3.01. The summed E-state index contributed by atoms with van der Waals surface area (Å²) < 4.78 is 11.5. The number of hydrogen-bond acceptors (Lipinski definition) is 4. The topological polar surface area (TPSA) is 55.8 Å². The van der Waals surface area contributed by atoms with Crippen molar-refractivity contribution in [3.8, 4) is 17.2 Å². The molecule has 2 aliphatic rings. The molecule has 0 unspecified atom stereocenters. The van der Waals surface area contributed by atoms with Gasteiger partial charge in [-0.25, -0.2) is 0 Å². The lowest BCUT2D eigenvalue weighted by Crippen LogP contribution is -2.18. The number of aromatic hydroxyl groups is 1. The molecule has 0 saturated carbocycles. The van der Waals surface area contributed by atoms with Gasteiger partial charge in [-0.05, 0) is 42.8 Å². The molecule has 0 aromatic heterocycles. The highest BCUT2D eigenvalue weighted by Gasteiger charge is 2.29. The summed E-state index contributed by atoms with van der Waals surface area (Å²) in [5.74, 6) is 1.33. The van der Waals surface area contributed by atoms with E-state index in [0.29, 0.717) is 11.3 Å². The zero-order chi connectivity index (χ0) is 16.0. The summed E-state index contributed by atoms with van der Waals surface area (Å²) in [6, 6.07) is 12.2. The number of benzene rings is 2. The van der Waals surface area contributed by atoms with Crippen LogP contribution < -0.4 is 9.47 Å². The highest BCUT2D eigenvalue weighted by molar-refractivity contribution is 6.12. The number of hydrogen-bond donors (Lipinski definition) is 1. The lowest BCUT2D eigenvalue weighted by atomic mass is 10.0. The Morgan fingerprint density at radius 3 is 2.83 bits per heavy atom. The van der Waals surface area contributed by atoms with Crippen molar-refractivity contribution in [1.82, 2.24) is 0 Å². The van der Waals surface area contributed by atoms with Gasteiger partial charge in [0.05, 0.1) is 5.56 Å². The molecule has 4 heteroatoms. The molecule has 0 saturated heterocycles. The molecule has 0 spiro atoms. The fraction of sp³-hybridized carbons (Fsp3) is 0.105. The maximum Gasteiger partial charge on any atom is 0.231 e. The van der Waals surface area contributed by atoms with Gasteiger partial charge >= 0.3 is 0 Å². The van der Waals surface area contributed by atoms with E-state index in [0.717, 1.165) is 16.9 Å². The number of carbonyl (C=O) groups is 1. The first-order valence-corrected chi connectivity index (χ1v) is 7.36. The first kappa shape index (κ1) is 13.6. The van der Waals surface area contributed by atoms with Crippen LogP contribution in [0.1, 0.15) is 22.8 Å². The summed E-state index contributed by atoms with van der Waals surface area (Å²) in [7, 11) is 0. The lowest BCUT2D eigenvalue weighted by Gasteiger charge is -2.22. The van der Waals surface area contributed by atoms with Crippen molar-refractivity contribution in [3.05, 3.63) is 71.0 Å². The minimum atomic E-state index is -0.188. The monoisotopic (exact) mass is 306 g/mol. The predicted molar refractivity (Wildman–Crippen MR) is 85.7 cm³/mol. The van der Waals surface area contributed by atoms with E-state index in [9.17, 15) is 9.90 Å². The molecule has 0 fully saturated rings. The van der Waals surface area contributed by atoms with E-state index >= 15 is 0 Å². The van der Waals surface area contributed by atoms with Crippen molar-refractivity contribution in [2.45, 2.75) is 13.0 Å². The molecule has 1 atom stereocenters. The van der Waals surface area contributed by atoms with Gasteiger partial charge in [0.2, 0.25) is 5.78 Å². The van der Waals surface area contributed by atoms with E-state index in [1.54, 1.807) is 12.1 Å². The SMILES string of the molecule is C[C@@H]1Oc2ccccc2C=C1/C=C1/Oc2cc(O)ccc2C1=O. The molecule has 0 amide bonds. The molecule has 23 heavy (non-hydrogen) atoms. The second-order valence-electron chi connectivity index (χ2n) is 5.56. The van der Waals surface area contributed by atoms with Gasteiger partial charge in [-0.2, -0.15) is 0 Å². The summed E-state index contributed by atoms with van der Waals surface area (Å²) in [6.07, 6.45) is 3.53. The molecule has 4 rings (SSSR count). The van der Waals surface area contributed by atoms with Gasteiger partial charge in [-0.15, -0.1) is 0 Å². The van der Waals surface area contributed by atoms with Gasteiger partial charge in [0, 0.05) is 11.6 Å². The average Bonchev–Trinajstić information content (AvgIpc) is 2.83. The zero-order valence-electron chi connectivity index (χ0n) is 12.4. The molecular formula is C19H14O4. The van der Waals surface area contributed by atoms with E-state index in [1.807, 2.05) is 37.3 Å². The van der Waals surface area contributed by atoms with Crippen LogP contribution in [0.4, 0.5) is 0 Å². The maximum absolute atomic E-state index is 12.4. The molecular weight excluding hydrogens is 292 g/mol. The summed E-state index contributed by atoms with van der Waals surface area (Å²) in [6.45, 7) is 1.93. The van der Waals surface area contributed by atoms with Crippen LogP contribution in [0, 0.1) is 0 Å². The Morgan fingerprint density at radius 2 is 1.96 bits per heavy atom. The summed E-state index contributed by atoms with van der Waals surface area (Å²) >= 11 is 0. The molecule has 0 aliphatic carbocycles. The van der Waals surface area contributed by atoms with Crippen LogP contribution in [-0.2, 0) is 0 Å². The molecule has 2 heterocycles. The third-order valence-corrected chi connectivity index (χ3v) is 3.97. The molecule has 2 aromatic carbocycles. The van der Waals surface area contributed by atoms with Crippen LogP contribution in [0.2, 0.25) is 0 Å². The van der Waals surface area contributed by atoms with Crippen LogP contribution in [0.15, 0.2) is 59.9 Å². The van der Waals surface area contributed by atoms with Gasteiger partial charge < -0.3 is 14.6 Å². The van der Waals surface area contributed by atoms with Gasteiger partial charge in [-0.3, -0.25) is 4.79 Å². The molecule has 0 radical (unpaired) electrons. The van der Waals surface area contributed by atoms with Gasteiger partial charge in [-0.1, -0.05) is 18.2 Å². The number of para-hydroxylation sites is 1. The standard InChI is InChI=1S/C19H14O4/c1-11-13(8-12-4-2-3-5-16(12)22-11)9-18-19(21)15-7-6-14(20)10-17(15)23-18/h2-11,20H,1H3/b18-9+/t11-/m0/s1. The Kier molecular flexibility index (Phi) is 2.98. The number of ketones is 1. The van der Waals surface area contributed by atoms with Crippen LogP contribution >= 0.6 is 0 Å². The summed E-state index contributed by atoms with van der Waals surface area (Å²) in [5.41, 5.74) is 2.29. The van der Waals surface area contributed by atoms with E-state index in [-0.39, 0.29) is 23.4 Å². The largest absolute Gasteiger partial charge is 0.508 e. The third kappa shape index (κ3) is 2.28. The van der Waals surface area contributed by atoms with Crippen LogP contribution in [0.25, 0.3) is 6.08 Å². The first-order valence-electron chi connectivity index (χ1n) is 7.36. The van der Waals surface area contributed by atoms with Gasteiger partial charge in [0.25, 0.3) is 0 Å². The maximum atomic E-state index is 12.4. The van der Waals surface area contributed by atoms with Crippen molar-refractivity contribution >= 4 is 11.9 Å². The van der Waals surface area contributed by atoms with E-state index < -0.39 is 0 Å². The molecule has 2 aliphatic heterocycles. The average molecular weight is 306 g/mol. The number of allylic oxidation sites excluding steroid dienone is 1. The highest BCUT2D eigenvalue weighted by atomic mass is 16.5. The van der Waals surface area contributed by atoms with Gasteiger partial charge in [0.15, 0.2) is 5.76 Å². The predicted octanol–water partition coefficient (Wildman–Crippen LogP) is 3.72. The van der Waals surface area contributed by atoms with Crippen molar-refractivity contribution in [2.24, 2.45) is 0 Å². The number of rotatable bonds is 1. The van der Waals surface area contributed by atoms with E-state index in [2.05, 4.69) is 0 Å². The Labute approximate surface area is 133 Å². The molecule has 114 valence electrons. The molecule has 1 N–H and O–H groups in total. The van der Waals surface area contributed by atoms with Gasteiger partial charge in [0.1, 0.15) is 23.4 Å². The van der Waals surface area contributed by atoms with Crippen molar-refractivity contribution < 1.29 is 19.4 Å². The highest BCUT2D eigenvalue weighted by Crippen LogP contribution is 2.36. The summed E-state index contributed by atoms with van der Waals surface area (Å²) in [4.78, 5) is 12.4. The second-order valence-corrected chi connectivity index (χ2v) is 5.56. The van der Waals surface area contributed by atoms with E-state index in [4.69, 9.17) is 9.47 Å². The van der Waals surface area contributed by atoms with Crippen LogP contribution in [0.3, 0.4) is 0 Å². The number of phenols is 1. The minimum absolute atomic E-state index is 0.0697. The van der Waals surface area contributed by atoms with E-state index in [1.165, 1.54) is 12.1 Å². The molecule has 0 bridgehead atoms. The zero-order valence-corrected chi connectivity index (χ0v) is 12.4. The van der Waals surface area contributed by atoms with Crippen molar-refractivity contribution in [2.75, 3.05) is 0 Å². The lowest BCUT2D eigenvalue weighted by molar-refractivity contribution is 0.101. The first-order chi connectivity index (χ1) is 11.1. The molecule has 4 nitrogen and oxygen atoms in total. The second kappa shape index (κ2) is 5.02. The smallest absolute Gasteiger partial charge is 0.231 e. The number of carbonyl (C=O) groups excluding carboxylic acids is 1. The van der Waals surface area contributed by atoms with Crippen molar-refractivity contribution in [3.63, 3.8) is 0 Å². The third-order valence-electron chi connectivity index (χ3n) is 3.97.